The van der Waals surface area contributed by atoms with Gasteiger partial charge in [0.2, 0.25) is 0 Å². The molecule has 4 rings (SSSR count). The number of rotatable bonds is 10. The number of carbonyl (C=O) groups excluding carboxylic acids is 2. The van der Waals surface area contributed by atoms with Crippen LogP contribution in [0.3, 0.4) is 0 Å². The molecule has 2 aromatic carbocycles. The maximum absolute atomic E-state index is 13.5. The van der Waals surface area contributed by atoms with E-state index in [0.29, 0.717) is 23.5 Å². The maximum Gasteiger partial charge on any atom is 0.328 e. The fraction of sp³-hybridized carbons (Fsp3) is 0.333. The van der Waals surface area contributed by atoms with Crippen LogP contribution in [-0.4, -0.2) is 50.7 Å². The molecule has 0 unspecified atom stereocenters. The first-order chi connectivity index (χ1) is 17.5. The predicted octanol–water partition coefficient (Wildman–Crippen LogP) is 3.76. The van der Waals surface area contributed by atoms with E-state index in [2.05, 4.69) is 16.4 Å². The minimum Gasteiger partial charge on any atom is -0.486 e. The van der Waals surface area contributed by atoms with E-state index in [-0.39, 0.29) is 19.6 Å². The third-order valence-corrected chi connectivity index (χ3v) is 6.97. The van der Waals surface area contributed by atoms with Crippen molar-refractivity contribution in [2.45, 2.75) is 25.7 Å². The smallest absolute Gasteiger partial charge is 0.328 e. The van der Waals surface area contributed by atoms with Crippen molar-refractivity contribution >= 4 is 39.2 Å². The van der Waals surface area contributed by atoms with Crippen LogP contribution in [-0.2, 0) is 30.9 Å². The number of amidine groups is 1. The Morgan fingerprint density at radius 3 is 2.42 bits per heavy atom. The molecule has 2 heterocycles. The summed E-state index contributed by atoms with van der Waals surface area (Å²) in [5, 5.41) is 13.3. The number of hydrogen-bond acceptors (Lipinski definition) is 9. The molecule has 36 heavy (non-hydrogen) atoms. The molecule has 0 atom stereocenters. The summed E-state index contributed by atoms with van der Waals surface area (Å²) in [6, 6.07) is 16.3. The molecular weight excluding hydrogens is 478 g/mol. The normalized spacial score (nSPS) is 13.0. The molecule has 0 amide bonds. The Morgan fingerprint density at radius 2 is 1.81 bits per heavy atom. The summed E-state index contributed by atoms with van der Waals surface area (Å²) in [7, 11) is 0. The van der Waals surface area contributed by atoms with E-state index < -0.39 is 17.4 Å². The zero-order valence-electron chi connectivity index (χ0n) is 20.2. The van der Waals surface area contributed by atoms with Crippen molar-refractivity contribution in [3.63, 3.8) is 0 Å². The van der Waals surface area contributed by atoms with Crippen LogP contribution in [0.2, 0.25) is 0 Å². The highest BCUT2D eigenvalue weighted by Gasteiger charge is 2.51. The van der Waals surface area contributed by atoms with Crippen LogP contribution in [0.4, 0.5) is 0 Å². The molecule has 1 aliphatic rings. The lowest BCUT2D eigenvalue weighted by atomic mass is 9.76. The number of benzene rings is 2. The Kier molecular flexibility index (Phi) is 7.86. The minimum absolute atomic E-state index is 0.0623. The molecular formula is C27H27N3O5S. The molecule has 0 saturated heterocycles. The molecule has 1 aliphatic heterocycles. The van der Waals surface area contributed by atoms with Gasteiger partial charge in [-0.1, -0.05) is 12.1 Å². The van der Waals surface area contributed by atoms with Crippen LogP contribution in [0.15, 0.2) is 53.5 Å². The van der Waals surface area contributed by atoms with Gasteiger partial charge in [0.15, 0.2) is 5.41 Å². The second-order valence-electron chi connectivity index (χ2n) is 8.17. The van der Waals surface area contributed by atoms with Gasteiger partial charge in [-0.05, 0) is 61.2 Å². The van der Waals surface area contributed by atoms with Crippen LogP contribution in [0.25, 0.3) is 10.1 Å². The quantitative estimate of drug-likeness (QED) is 0.330. The van der Waals surface area contributed by atoms with Gasteiger partial charge in [0, 0.05) is 22.5 Å². The summed E-state index contributed by atoms with van der Waals surface area (Å²) in [6.45, 7) is 5.49. The van der Waals surface area contributed by atoms with Gasteiger partial charge in [0.25, 0.3) is 0 Å². The lowest BCUT2D eigenvalue weighted by Crippen LogP contribution is -2.48. The largest absolute Gasteiger partial charge is 0.486 e. The second kappa shape index (κ2) is 11.2. The Hall–Kier alpha value is -3.90. The first-order valence-electron chi connectivity index (χ1n) is 11.8. The van der Waals surface area contributed by atoms with Crippen molar-refractivity contribution in [2.75, 3.05) is 32.9 Å². The summed E-state index contributed by atoms with van der Waals surface area (Å²) in [5.74, 6) is 0.0343. The topological polar surface area (TPSA) is 110 Å². The van der Waals surface area contributed by atoms with Gasteiger partial charge >= 0.3 is 11.9 Å². The molecule has 1 aromatic heterocycles. The molecule has 1 N–H and O–H groups in total. The molecule has 0 spiro atoms. The Balaban J connectivity index is 1.72. The number of hydrogen-bond donors (Lipinski definition) is 1. The summed E-state index contributed by atoms with van der Waals surface area (Å²) >= 11 is 1.46. The van der Waals surface area contributed by atoms with E-state index in [1.807, 2.05) is 12.1 Å². The summed E-state index contributed by atoms with van der Waals surface area (Å²) in [5.41, 5.74) is -0.692. The SMILES string of the molecule is CCOC(=O)C(Cc1cc2cc(C#N)ccc2s1)(C(=O)OCC)c1ccc(OCC2=NCCN2)cc1. The van der Waals surface area contributed by atoms with Crippen LogP contribution >= 0.6 is 11.3 Å². The molecule has 0 aliphatic carbocycles. The van der Waals surface area contributed by atoms with Crippen molar-refractivity contribution in [3.05, 3.63) is 64.5 Å². The van der Waals surface area contributed by atoms with E-state index in [4.69, 9.17) is 14.2 Å². The van der Waals surface area contributed by atoms with Gasteiger partial charge in [-0.25, -0.2) is 0 Å². The molecule has 0 saturated carbocycles. The van der Waals surface area contributed by atoms with Crippen molar-refractivity contribution in [1.82, 2.24) is 5.32 Å². The lowest BCUT2D eigenvalue weighted by Gasteiger charge is -2.29. The zero-order valence-corrected chi connectivity index (χ0v) is 21.0. The van der Waals surface area contributed by atoms with Crippen LogP contribution in [0.5, 0.6) is 5.75 Å². The molecule has 0 bridgehead atoms. The fourth-order valence-corrected chi connectivity index (χ4v) is 5.25. The van der Waals surface area contributed by atoms with Crippen molar-refractivity contribution in [1.29, 1.82) is 5.26 Å². The van der Waals surface area contributed by atoms with Gasteiger partial charge in [-0.2, -0.15) is 5.26 Å². The average molecular weight is 506 g/mol. The van der Waals surface area contributed by atoms with Crippen LogP contribution in [0, 0.1) is 11.3 Å². The highest BCUT2D eigenvalue weighted by molar-refractivity contribution is 7.19. The van der Waals surface area contributed by atoms with E-state index in [1.54, 1.807) is 50.2 Å². The standard InChI is InChI=1S/C27H27N3O5S/c1-3-33-25(31)27(26(32)34-4-2,15-22-14-19-13-18(16-28)5-10-23(19)36-22)20-6-8-21(9-7-20)35-17-24-29-11-12-30-24/h5-10,13-14H,3-4,11-12,15,17H2,1-2H3,(H,29,30). The Morgan fingerprint density at radius 1 is 1.08 bits per heavy atom. The second-order valence-corrected chi connectivity index (χ2v) is 9.34. The van der Waals surface area contributed by atoms with E-state index in [0.717, 1.165) is 33.9 Å². The van der Waals surface area contributed by atoms with Crippen LogP contribution in [0.1, 0.15) is 29.9 Å². The third kappa shape index (κ3) is 5.19. The van der Waals surface area contributed by atoms with Gasteiger partial charge in [-0.3, -0.25) is 14.6 Å². The van der Waals surface area contributed by atoms with Crippen molar-refractivity contribution in [2.24, 2.45) is 4.99 Å². The Labute approximate surface area is 213 Å². The van der Waals surface area contributed by atoms with Gasteiger partial charge in [0.05, 0.1) is 31.4 Å². The van der Waals surface area contributed by atoms with E-state index in [9.17, 15) is 14.9 Å². The average Bonchev–Trinajstić information content (AvgIpc) is 3.55. The van der Waals surface area contributed by atoms with E-state index >= 15 is 0 Å². The summed E-state index contributed by atoms with van der Waals surface area (Å²) in [4.78, 5) is 32.0. The zero-order chi connectivity index (χ0) is 25.5. The van der Waals surface area contributed by atoms with Crippen molar-refractivity contribution in [3.8, 4) is 11.8 Å². The molecule has 0 radical (unpaired) electrons. The summed E-state index contributed by atoms with van der Waals surface area (Å²) < 4.78 is 17.6. The fourth-order valence-electron chi connectivity index (χ4n) is 4.12. The number of thiophene rings is 1. The van der Waals surface area contributed by atoms with Gasteiger partial charge in [-0.15, -0.1) is 11.3 Å². The number of aliphatic imine (C=N–C) groups is 1. The molecule has 186 valence electrons. The highest BCUT2D eigenvalue weighted by Crippen LogP contribution is 2.37. The highest BCUT2D eigenvalue weighted by atomic mass is 32.1. The first kappa shape index (κ1) is 25.2. The predicted molar refractivity (Wildman–Crippen MR) is 137 cm³/mol. The number of nitrogens with one attached hydrogen (secondary N) is 1. The van der Waals surface area contributed by atoms with Gasteiger partial charge in [0.1, 0.15) is 18.2 Å². The van der Waals surface area contributed by atoms with Crippen molar-refractivity contribution < 1.29 is 23.8 Å². The number of fused-ring (bicyclic) bond motifs is 1. The number of esters is 2. The van der Waals surface area contributed by atoms with Gasteiger partial charge < -0.3 is 19.5 Å². The third-order valence-electron chi connectivity index (χ3n) is 5.85. The molecule has 9 heteroatoms. The lowest BCUT2D eigenvalue weighted by molar-refractivity contribution is -0.164. The summed E-state index contributed by atoms with van der Waals surface area (Å²) in [6.07, 6.45) is 0.0623. The maximum atomic E-state index is 13.5. The number of nitrogens with zero attached hydrogens (tertiary/aromatic N) is 2. The minimum atomic E-state index is -1.69. The molecule has 8 nitrogen and oxygen atoms in total. The monoisotopic (exact) mass is 505 g/mol. The Bertz CT molecular complexity index is 1310. The molecule has 3 aromatic rings. The van der Waals surface area contributed by atoms with E-state index in [1.165, 1.54) is 11.3 Å². The number of nitriles is 1. The first-order valence-corrected chi connectivity index (χ1v) is 12.6. The number of ether oxygens (including phenoxy) is 3. The molecule has 0 fully saturated rings. The number of carbonyl (C=O) groups is 2. The van der Waals surface area contributed by atoms with Crippen LogP contribution < -0.4 is 10.1 Å².